The number of hydrogen-bond acceptors (Lipinski definition) is 4. The molecule has 0 fully saturated rings. The number of benzene rings is 1. The fourth-order valence-electron chi connectivity index (χ4n) is 3.18. The zero-order valence-electron chi connectivity index (χ0n) is 13.0. The number of carbonyl (C=O) groups is 1. The van der Waals surface area contributed by atoms with Crippen LogP contribution in [0, 0.1) is 16.7 Å². The van der Waals surface area contributed by atoms with Gasteiger partial charge < -0.3 is 10.5 Å². The van der Waals surface area contributed by atoms with Crippen molar-refractivity contribution in [2.45, 2.75) is 32.6 Å². The van der Waals surface area contributed by atoms with Crippen LogP contribution in [-0.2, 0) is 9.53 Å². The fraction of sp³-hybridized carbons (Fsp3) is 0.333. The van der Waals surface area contributed by atoms with Crippen LogP contribution in [0.1, 0.15) is 38.2 Å². The van der Waals surface area contributed by atoms with Crippen LogP contribution in [0.3, 0.4) is 0 Å². The van der Waals surface area contributed by atoms with E-state index in [1.165, 1.54) is 0 Å². The van der Waals surface area contributed by atoms with E-state index in [-0.39, 0.29) is 11.7 Å². The molecule has 2 aliphatic rings. The van der Waals surface area contributed by atoms with Crippen LogP contribution >= 0.6 is 15.9 Å². The maximum absolute atomic E-state index is 13.0. The maximum Gasteiger partial charge on any atom is 0.205 e. The van der Waals surface area contributed by atoms with E-state index in [0.717, 1.165) is 10.0 Å². The summed E-state index contributed by atoms with van der Waals surface area (Å²) in [6.07, 6.45) is 1.36. The molecule has 2 N–H and O–H groups in total. The summed E-state index contributed by atoms with van der Waals surface area (Å²) >= 11 is 3.45. The van der Waals surface area contributed by atoms with Crippen LogP contribution in [0.5, 0.6) is 0 Å². The summed E-state index contributed by atoms with van der Waals surface area (Å²) in [4.78, 5) is 13.0. The second-order valence-corrected chi connectivity index (χ2v) is 7.45. The van der Waals surface area contributed by atoms with Crippen molar-refractivity contribution in [2.24, 2.45) is 11.1 Å². The van der Waals surface area contributed by atoms with Gasteiger partial charge in [0.05, 0.1) is 5.92 Å². The Kier molecular flexibility index (Phi) is 3.81. The summed E-state index contributed by atoms with van der Waals surface area (Å²) in [5, 5.41) is 9.56. The van der Waals surface area contributed by atoms with E-state index in [2.05, 4.69) is 22.0 Å². The molecule has 1 unspecified atom stereocenters. The monoisotopic (exact) mass is 372 g/mol. The van der Waals surface area contributed by atoms with Gasteiger partial charge in [-0.15, -0.1) is 0 Å². The van der Waals surface area contributed by atoms with Gasteiger partial charge in [0.25, 0.3) is 0 Å². The largest absolute Gasteiger partial charge is 0.444 e. The van der Waals surface area contributed by atoms with Gasteiger partial charge in [0.1, 0.15) is 17.4 Å². The Morgan fingerprint density at radius 3 is 2.83 bits per heavy atom. The van der Waals surface area contributed by atoms with Crippen molar-refractivity contribution in [1.29, 1.82) is 5.26 Å². The van der Waals surface area contributed by atoms with Crippen LogP contribution in [0.4, 0.5) is 0 Å². The number of nitrogens with zero attached hydrogens (tertiary/aromatic N) is 1. The van der Waals surface area contributed by atoms with Crippen LogP contribution in [0.2, 0.25) is 0 Å². The molecule has 118 valence electrons. The van der Waals surface area contributed by atoms with E-state index in [1.54, 1.807) is 0 Å². The molecule has 1 aliphatic heterocycles. The molecule has 1 atom stereocenters. The molecule has 0 bridgehead atoms. The summed E-state index contributed by atoms with van der Waals surface area (Å²) in [6, 6.07) is 9.75. The minimum Gasteiger partial charge on any atom is -0.444 e. The van der Waals surface area contributed by atoms with Crippen molar-refractivity contribution in [3.8, 4) is 6.07 Å². The van der Waals surface area contributed by atoms with E-state index in [4.69, 9.17) is 10.5 Å². The van der Waals surface area contributed by atoms with E-state index in [0.29, 0.717) is 29.7 Å². The number of hydrogen-bond donors (Lipinski definition) is 1. The Balaban J connectivity index is 2.22. The Morgan fingerprint density at radius 1 is 1.43 bits per heavy atom. The van der Waals surface area contributed by atoms with Crippen molar-refractivity contribution >= 4 is 21.7 Å². The van der Waals surface area contributed by atoms with Gasteiger partial charge in [-0.05, 0) is 24.1 Å². The van der Waals surface area contributed by atoms with Crippen molar-refractivity contribution < 1.29 is 9.53 Å². The molecule has 1 heterocycles. The predicted molar refractivity (Wildman–Crippen MR) is 89.8 cm³/mol. The Morgan fingerprint density at radius 2 is 2.17 bits per heavy atom. The third-order valence-electron chi connectivity index (χ3n) is 4.52. The molecule has 0 saturated carbocycles. The normalized spacial score (nSPS) is 23.2. The smallest absolute Gasteiger partial charge is 0.205 e. The first kappa shape index (κ1) is 15.8. The zero-order valence-corrected chi connectivity index (χ0v) is 14.6. The minimum absolute atomic E-state index is 0.0315. The third kappa shape index (κ3) is 2.57. The molecule has 0 radical (unpaired) electrons. The number of allylic oxidation sites excluding steroid dienone is 3. The molecule has 23 heavy (non-hydrogen) atoms. The minimum atomic E-state index is -0.465. The van der Waals surface area contributed by atoms with Gasteiger partial charge in [0, 0.05) is 21.9 Å². The van der Waals surface area contributed by atoms with E-state index in [9.17, 15) is 10.1 Å². The highest BCUT2D eigenvalue weighted by Crippen LogP contribution is 2.47. The van der Waals surface area contributed by atoms with E-state index in [1.807, 2.05) is 38.1 Å². The van der Waals surface area contributed by atoms with Crippen molar-refractivity contribution in [3.05, 3.63) is 57.1 Å². The highest BCUT2D eigenvalue weighted by Gasteiger charge is 2.44. The summed E-state index contributed by atoms with van der Waals surface area (Å²) < 4.78 is 6.51. The standard InChI is InChI=1S/C18H17BrN2O2/c1-18(2)7-6-13-15(16(18)22)14(12(9-20)17(21)23-13)10-4-3-5-11(19)8-10/h3-5,8,14H,6-7,21H2,1-2H3. The molecule has 5 heteroatoms. The number of ether oxygens (including phenoxy) is 1. The van der Waals surface area contributed by atoms with Gasteiger partial charge in [0.2, 0.25) is 5.88 Å². The lowest BCUT2D eigenvalue weighted by Crippen LogP contribution is -2.36. The molecular weight excluding hydrogens is 356 g/mol. The highest BCUT2D eigenvalue weighted by atomic mass is 79.9. The first-order valence-electron chi connectivity index (χ1n) is 7.46. The van der Waals surface area contributed by atoms with E-state index < -0.39 is 11.3 Å². The fourth-order valence-corrected chi connectivity index (χ4v) is 3.59. The Hall–Kier alpha value is -2.06. The van der Waals surface area contributed by atoms with Crippen molar-refractivity contribution in [3.63, 3.8) is 0 Å². The van der Waals surface area contributed by atoms with Gasteiger partial charge in [0.15, 0.2) is 5.78 Å². The lowest BCUT2D eigenvalue weighted by Gasteiger charge is -2.37. The lowest BCUT2D eigenvalue weighted by molar-refractivity contribution is -0.125. The average molecular weight is 373 g/mol. The van der Waals surface area contributed by atoms with Crippen LogP contribution in [-0.4, -0.2) is 5.78 Å². The van der Waals surface area contributed by atoms with Gasteiger partial charge in [-0.3, -0.25) is 4.79 Å². The summed E-state index contributed by atoms with van der Waals surface area (Å²) in [6.45, 7) is 3.87. The first-order chi connectivity index (χ1) is 10.8. The summed E-state index contributed by atoms with van der Waals surface area (Å²) in [5.74, 6) is 0.275. The molecule has 1 aliphatic carbocycles. The average Bonchev–Trinajstić information content (AvgIpc) is 2.50. The highest BCUT2D eigenvalue weighted by molar-refractivity contribution is 9.10. The second-order valence-electron chi connectivity index (χ2n) is 6.53. The molecule has 4 nitrogen and oxygen atoms in total. The van der Waals surface area contributed by atoms with Crippen molar-refractivity contribution in [2.75, 3.05) is 0 Å². The molecular formula is C18H17BrN2O2. The first-order valence-corrected chi connectivity index (χ1v) is 8.25. The van der Waals surface area contributed by atoms with Crippen LogP contribution < -0.4 is 5.73 Å². The van der Waals surface area contributed by atoms with Crippen molar-refractivity contribution in [1.82, 2.24) is 0 Å². The number of Topliss-reactive ketones (excluding diaryl/α,β-unsaturated/α-hetero) is 1. The summed E-state index contributed by atoms with van der Waals surface area (Å²) in [5.41, 5.74) is 7.23. The molecule has 1 aromatic carbocycles. The predicted octanol–water partition coefficient (Wildman–Crippen LogP) is 3.90. The van der Waals surface area contributed by atoms with Gasteiger partial charge in [-0.25, -0.2) is 0 Å². The number of carbonyl (C=O) groups excluding carboxylic acids is 1. The molecule has 1 aromatic rings. The lowest BCUT2D eigenvalue weighted by atomic mass is 9.68. The third-order valence-corrected chi connectivity index (χ3v) is 5.01. The molecule has 0 amide bonds. The molecule has 0 aromatic heterocycles. The number of nitrogens with two attached hydrogens (primary N) is 1. The van der Waals surface area contributed by atoms with E-state index >= 15 is 0 Å². The topological polar surface area (TPSA) is 76.1 Å². The molecule has 3 rings (SSSR count). The zero-order chi connectivity index (χ0) is 16.8. The Labute approximate surface area is 143 Å². The van der Waals surface area contributed by atoms with Crippen LogP contribution in [0.15, 0.2) is 51.5 Å². The van der Waals surface area contributed by atoms with Crippen LogP contribution in [0.25, 0.3) is 0 Å². The second kappa shape index (κ2) is 5.54. The number of rotatable bonds is 1. The van der Waals surface area contributed by atoms with Gasteiger partial charge >= 0.3 is 0 Å². The maximum atomic E-state index is 13.0. The number of ketones is 1. The van der Waals surface area contributed by atoms with Gasteiger partial charge in [-0.1, -0.05) is 41.9 Å². The SMILES string of the molecule is CC1(C)CCC2=C(C1=O)C(c1cccc(Br)c1)C(C#N)=C(N)O2. The van der Waals surface area contributed by atoms with Gasteiger partial charge in [-0.2, -0.15) is 5.26 Å². The summed E-state index contributed by atoms with van der Waals surface area (Å²) in [7, 11) is 0. The molecule has 0 spiro atoms. The number of nitriles is 1. The Bertz CT molecular complexity index is 799. The molecule has 0 saturated heterocycles. The quantitative estimate of drug-likeness (QED) is 0.810. The number of halogens is 1.